The molecule has 1 atom stereocenters. The fourth-order valence-corrected chi connectivity index (χ4v) is 2.50. The molecule has 1 N–H and O–H groups in total. The van der Waals surface area contributed by atoms with Gasteiger partial charge in [-0.05, 0) is 13.3 Å². The Hall–Kier alpha value is -1.90. The number of rotatable bonds is 7. The van der Waals surface area contributed by atoms with Gasteiger partial charge in [0.15, 0.2) is 11.0 Å². The van der Waals surface area contributed by atoms with Crippen molar-refractivity contribution in [3.05, 3.63) is 18.5 Å². The van der Waals surface area contributed by atoms with Crippen molar-refractivity contribution < 1.29 is 9.90 Å². The van der Waals surface area contributed by atoms with Crippen LogP contribution in [0.25, 0.3) is 0 Å². The molecule has 20 heavy (non-hydrogen) atoms. The van der Waals surface area contributed by atoms with Crippen molar-refractivity contribution in [2.45, 2.75) is 38.0 Å². The molecule has 0 aliphatic rings. The summed E-state index contributed by atoms with van der Waals surface area (Å²) in [5, 5.41) is 21.8. The number of nitrogens with zero attached hydrogens (tertiary/aromatic N) is 6. The minimum atomic E-state index is -0.869. The minimum Gasteiger partial charge on any atom is -0.481 e. The van der Waals surface area contributed by atoms with E-state index < -0.39 is 5.97 Å². The van der Waals surface area contributed by atoms with Crippen molar-refractivity contribution in [3.8, 4) is 0 Å². The van der Waals surface area contributed by atoms with Gasteiger partial charge in [-0.15, -0.1) is 10.2 Å². The molecule has 8 nitrogen and oxygen atoms in total. The molecule has 2 aromatic rings. The molecule has 0 saturated heterocycles. The summed E-state index contributed by atoms with van der Waals surface area (Å²) < 4.78 is 3.64. The van der Waals surface area contributed by atoms with E-state index in [2.05, 4.69) is 27.2 Å². The van der Waals surface area contributed by atoms with Crippen LogP contribution in [-0.4, -0.2) is 46.4 Å². The lowest BCUT2D eigenvalue weighted by Crippen LogP contribution is -2.15. The van der Waals surface area contributed by atoms with Crippen LogP contribution in [0.3, 0.4) is 0 Å². The quantitative estimate of drug-likeness (QED) is 0.763. The van der Waals surface area contributed by atoms with Gasteiger partial charge in [0.1, 0.15) is 18.7 Å². The molecule has 0 spiro atoms. The molecular weight excluding hydrogens is 280 g/mol. The van der Waals surface area contributed by atoms with Crippen LogP contribution in [0.1, 0.15) is 32.1 Å². The molecule has 0 bridgehead atoms. The van der Waals surface area contributed by atoms with Crippen LogP contribution >= 0.6 is 11.8 Å². The summed E-state index contributed by atoms with van der Waals surface area (Å²) in [6, 6.07) is -0.101. The zero-order valence-corrected chi connectivity index (χ0v) is 12.1. The third kappa shape index (κ3) is 3.16. The van der Waals surface area contributed by atoms with E-state index in [4.69, 9.17) is 5.11 Å². The van der Waals surface area contributed by atoms with E-state index in [1.165, 1.54) is 18.1 Å². The van der Waals surface area contributed by atoms with Gasteiger partial charge in [0.2, 0.25) is 0 Å². The zero-order valence-electron chi connectivity index (χ0n) is 11.3. The van der Waals surface area contributed by atoms with Gasteiger partial charge in [0, 0.05) is 6.54 Å². The lowest BCUT2D eigenvalue weighted by Gasteiger charge is -2.13. The van der Waals surface area contributed by atoms with Gasteiger partial charge in [-0.1, -0.05) is 18.7 Å². The van der Waals surface area contributed by atoms with Crippen LogP contribution in [0.5, 0.6) is 0 Å². The molecule has 2 aromatic heterocycles. The Balaban J connectivity index is 2.26. The minimum absolute atomic E-state index is 0.0282. The first kappa shape index (κ1) is 14.5. The average Bonchev–Trinajstić information content (AvgIpc) is 3.06. The van der Waals surface area contributed by atoms with Gasteiger partial charge in [0.05, 0.1) is 5.75 Å². The third-order valence-corrected chi connectivity index (χ3v) is 3.68. The van der Waals surface area contributed by atoms with E-state index in [-0.39, 0.29) is 11.8 Å². The lowest BCUT2D eigenvalue weighted by atomic mass is 10.3. The van der Waals surface area contributed by atoms with Gasteiger partial charge in [0.25, 0.3) is 0 Å². The Bertz CT molecular complexity index is 567. The first-order chi connectivity index (χ1) is 9.63. The molecule has 0 saturated carbocycles. The Kier molecular flexibility index (Phi) is 4.72. The second-order valence-electron chi connectivity index (χ2n) is 4.23. The molecule has 2 heterocycles. The predicted octanol–water partition coefficient (Wildman–Crippen LogP) is 1.07. The fourth-order valence-electron chi connectivity index (χ4n) is 1.81. The molecule has 0 fully saturated rings. The standard InChI is InChI=1S/C11H16N6O2S/c1-3-4-16-10(8(2)17-7-12-6-13-17)14-15-11(16)20-5-9(18)19/h6-8H,3-5H2,1-2H3,(H,18,19). The van der Waals surface area contributed by atoms with Crippen LogP contribution in [0.2, 0.25) is 0 Å². The van der Waals surface area contributed by atoms with E-state index in [0.29, 0.717) is 5.16 Å². The van der Waals surface area contributed by atoms with Gasteiger partial charge in [-0.2, -0.15) is 5.10 Å². The van der Waals surface area contributed by atoms with Crippen LogP contribution in [0.4, 0.5) is 0 Å². The molecule has 2 rings (SSSR count). The molecule has 0 aliphatic heterocycles. The molecule has 1 unspecified atom stereocenters. The summed E-state index contributed by atoms with van der Waals surface area (Å²) in [4.78, 5) is 14.6. The summed E-state index contributed by atoms with van der Waals surface area (Å²) in [5.74, 6) is -0.142. The maximum atomic E-state index is 10.7. The zero-order chi connectivity index (χ0) is 14.5. The molecular formula is C11H16N6O2S. The van der Waals surface area contributed by atoms with Crippen LogP contribution in [0.15, 0.2) is 17.8 Å². The first-order valence-corrected chi connectivity index (χ1v) is 7.23. The first-order valence-electron chi connectivity index (χ1n) is 6.25. The largest absolute Gasteiger partial charge is 0.481 e. The van der Waals surface area contributed by atoms with Crippen molar-refractivity contribution >= 4 is 17.7 Å². The average molecular weight is 296 g/mol. The van der Waals surface area contributed by atoms with Gasteiger partial charge >= 0.3 is 5.97 Å². The summed E-state index contributed by atoms with van der Waals surface area (Å²) in [6.45, 7) is 4.75. The number of carbonyl (C=O) groups is 1. The smallest absolute Gasteiger partial charge is 0.313 e. The topological polar surface area (TPSA) is 98.7 Å². The molecule has 0 aliphatic carbocycles. The Morgan fingerprint density at radius 3 is 2.90 bits per heavy atom. The highest BCUT2D eigenvalue weighted by Crippen LogP contribution is 2.22. The number of hydrogen-bond acceptors (Lipinski definition) is 6. The normalized spacial score (nSPS) is 12.5. The maximum Gasteiger partial charge on any atom is 0.313 e. The number of aliphatic carboxylic acids is 1. The van der Waals surface area contributed by atoms with Crippen molar-refractivity contribution in [2.24, 2.45) is 0 Å². The number of carboxylic acid groups (broad SMARTS) is 1. The van der Waals surface area contributed by atoms with E-state index in [1.54, 1.807) is 11.0 Å². The van der Waals surface area contributed by atoms with Crippen molar-refractivity contribution in [3.63, 3.8) is 0 Å². The molecule has 0 radical (unpaired) electrons. The Morgan fingerprint density at radius 2 is 2.30 bits per heavy atom. The van der Waals surface area contributed by atoms with Crippen molar-refractivity contribution in [1.82, 2.24) is 29.5 Å². The SMILES string of the molecule is CCCn1c(SCC(=O)O)nnc1C(C)n1cncn1. The number of aromatic nitrogens is 6. The van der Waals surface area contributed by atoms with Gasteiger partial charge in [-0.25, -0.2) is 9.67 Å². The molecule has 9 heteroatoms. The van der Waals surface area contributed by atoms with E-state index in [9.17, 15) is 4.79 Å². The van der Waals surface area contributed by atoms with E-state index >= 15 is 0 Å². The summed E-state index contributed by atoms with van der Waals surface area (Å²) in [5.41, 5.74) is 0. The highest BCUT2D eigenvalue weighted by atomic mass is 32.2. The predicted molar refractivity (Wildman–Crippen MR) is 72.5 cm³/mol. The summed E-state index contributed by atoms with van der Waals surface area (Å²) >= 11 is 1.18. The van der Waals surface area contributed by atoms with Crippen molar-refractivity contribution in [1.29, 1.82) is 0 Å². The maximum absolute atomic E-state index is 10.7. The summed E-state index contributed by atoms with van der Waals surface area (Å²) in [6.07, 6.45) is 4.01. The van der Waals surface area contributed by atoms with Gasteiger partial charge in [-0.3, -0.25) is 4.79 Å². The van der Waals surface area contributed by atoms with Crippen molar-refractivity contribution in [2.75, 3.05) is 5.75 Å². The van der Waals surface area contributed by atoms with Gasteiger partial charge < -0.3 is 9.67 Å². The number of hydrogen-bond donors (Lipinski definition) is 1. The Morgan fingerprint density at radius 1 is 1.50 bits per heavy atom. The lowest BCUT2D eigenvalue weighted by molar-refractivity contribution is -0.133. The third-order valence-electron chi connectivity index (χ3n) is 2.72. The number of carboxylic acids is 1. The second-order valence-corrected chi connectivity index (χ2v) is 5.17. The van der Waals surface area contributed by atoms with Crippen LogP contribution in [-0.2, 0) is 11.3 Å². The van der Waals surface area contributed by atoms with E-state index in [1.807, 2.05) is 11.5 Å². The highest BCUT2D eigenvalue weighted by molar-refractivity contribution is 7.99. The fraction of sp³-hybridized carbons (Fsp3) is 0.545. The molecule has 0 aromatic carbocycles. The summed E-state index contributed by atoms with van der Waals surface area (Å²) in [7, 11) is 0. The Labute approximate surface area is 120 Å². The molecule has 108 valence electrons. The number of thioether (sulfide) groups is 1. The molecule has 0 amide bonds. The second kappa shape index (κ2) is 6.51. The van der Waals surface area contributed by atoms with Crippen LogP contribution in [0, 0.1) is 0 Å². The monoisotopic (exact) mass is 296 g/mol. The highest BCUT2D eigenvalue weighted by Gasteiger charge is 2.19. The van der Waals surface area contributed by atoms with Crippen LogP contribution < -0.4 is 0 Å². The van der Waals surface area contributed by atoms with E-state index in [0.717, 1.165) is 18.8 Å².